The molecule has 1 aromatic carbocycles. The van der Waals surface area contributed by atoms with Crippen molar-refractivity contribution in [3.63, 3.8) is 0 Å². The number of benzene rings is 1. The Morgan fingerprint density at radius 2 is 2.00 bits per heavy atom. The van der Waals surface area contributed by atoms with E-state index in [0.29, 0.717) is 5.88 Å². The highest BCUT2D eigenvalue weighted by Gasteiger charge is 1.98. The summed E-state index contributed by atoms with van der Waals surface area (Å²) >= 11 is 5.68. The van der Waals surface area contributed by atoms with Gasteiger partial charge in [-0.1, -0.05) is 17.7 Å². The molecule has 1 heterocycles. The molecule has 0 saturated heterocycles. The second kappa shape index (κ2) is 3.84. The Hall–Kier alpha value is -1.28. The van der Waals surface area contributed by atoms with Gasteiger partial charge in [0, 0.05) is 11.9 Å². The zero-order valence-corrected chi connectivity index (χ0v) is 8.70. The minimum absolute atomic E-state index is 0.457. The van der Waals surface area contributed by atoms with Crippen molar-refractivity contribution in [2.75, 3.05) is 0 Å². The van der Waals surface area contributed by atoms with E-state index in [2.05, 4.69) is 36.2 Å². The molecule has 0 spiro atoms. The lowest BCUT2D eigenvalue weighted by molar-refractivity contribution is 1.05. The van der Waals surface area contributed by atoms with Gasteiger partial charge in [0.25, 0.3) is 0 Å². The molecule has 3 heteroatoms. The Kier molecular flexibility index (Phi) is 2.55. The molecule has 2 nitrogen and oxygen atoms in total. The van der Waals surface area contributed by atoms with Crippen molar-refractivity contribution in [1.82, 2.24) is 9.55 Å². The second-order valence-corrected chi connectivity index (χ2v) is 3.51. The topological polar surface area (TPSA) is 17.8 Å². The van der Waals surface area contributed by atoms with E-state index in [-0.39, 0.29) is 0 Å². The van der Waals surface area contributed by atoms with Crippen LogP contribution >= 0.6 is 11.6 Å². The third kappa shape index (κ3) is 1.80. The fraction of sp³-hybridized carbons (Fsp3) is 0.182. The predicted molar refractivity (Wildman–Crippen MR) is 57.9 cm³/mol. The van der Waals surface area contributed by atoms with Crippen LogP contribution in [0.4, 0.5) is 0 Å². The summed E-state index contributed by atoms with van der Waals surface area (Å²) in [6.45, 7) is 2.07. The van der Waals surface area contributed by atoms with Gasteiger partial charge in [-0.2, -0.15) is 0 Å². The average Bonchev–Trinajstić information content (AvgIpc) is 2.67. The van der Waals surface area contributed by atoms with Crippen molar-refractivity contribution in [3.8, 4) is 5.69 Å². The van der Waals surface area contributed by atoms with Crippen molar-refractivity contribution >= 4 is 11.6 Å². The van der Waals surface area contributed by atoms with Crippen molar-refractivity contribution in [2.45, 2.75) is 12.8 Å². The Bertz CT molecular complexity index is 417. The first kappa shape index (κ1) is 9.28. The van der Waals surface area contributed by atoms with Crippen LogP contribution in [0.2, 0.25) is 0 Å². The van der Waals surface area contributed by atoms with E-state index in [1.165, 1.54) is 5.56 Å². The van der Waals surface area contributed by atoms with Gasteiger partial charge in [0.1, 0.15) is 0 Å². The monoisotopic (exact) mass is 206 g/mol. The van der Waals surface area contributed by atoms with Gasteiger partial charge in [-0.25, -0.2) is 4.98 Å². The number of alkyl halides is 1. The highest BCUT2D eigenvalue weighted by atomic mass is 35.5. The van der Waals surface area contributed by atoms with Gasteiger partial charge in [-0.15, -0.1) is 11.6 Å². The van der Waals surface area contributed by atoms with E-state index >= 15 is 0 Å². The number of hydrogen-bond acceptors (Lipinski definition) is 1. The SMILES string of the molecule is Cc1ccc(-n2cnc(CCl)c2)cc1. The number of imidazole rings is 1. The summed E-state index contributed by atoms with van der Waals surface area (Å²) in [4.78, 5) is 4.16. The van der Waals surface area contributed by atoms with Crippen LogP contribution in [-0.4, -0.2) is 9.55 Å². The number of aryl methyl sites for hydroxylation is 1. The normalized spacial score (nSPS) is 10.4. The summed E-state index contributed by atoms with van der Waals surface area (Å²) in [6.07, 6.45) is 3.72. The van der Waals surface area contributed by atoms with E-state index in [9.17, 15) is 0 Å². The quantitative estimate of drug-likeness (QED) is 0.691. The minimum Gasteiger partial charge on any atom is -0.306 e. The summed E-state index contributed by atoms with van der Waals surface area (Å²) < 4.78 is 1.97. The van der Waals surface area contributed by atoms with Crippen LogP contribution in [0.15, 0.2) is 36.8 Å². The fourth-order valence-electron chi connectivity index (χ4n) is 1.29. The van der Waals surface area contributed by atoms with Gasteiger partial charge in [-0.05, 0) is 19.1 Å². The largest absolute Gasteiger partial charge is 0.306 e. The molecule has 14 heavy (non-hydrogen) atoms. The van der Waals surface area contributed by atoms with Gasteiger partial charge in [0.05, 0.1) is 17.9 Å². The smallest absolute Gasteiger partial charge is 0.0995 e. The van der Waals surface area contributed by atoms with Crippen molar-refractivity contribution < 1.29 is 0 Å². The molecule has 0 radical (unpaired) electrons. The highest BCUT2D eigenvalue weighted by molar-refractivity contribution is 6.16. The van der Waals surface area contributed by atoms with Crippen LogP contribution in [0.3, 0.4) is 0 Å². The number of hydrogen-bond donors (Lipinski definition) is 0. The van der Waals surface area contributed by atoms with Crippen molar-refractivity contribution in [1.29, 1.82) is 0 Å². The summed E-state index contributed by atoms with van der Waals surface area (Å²) in [5, 5.41) is 0. The summed E-state index contributed by atoms with van der Waals surface area (Å²) in [5.74, 6) is 0.457. The Morgan fingerprint density at radius 3 is 2.57 bits per heavy atom. The molecule has 0 bridgehead atoms. The number of rotatable bonds is 2. The third-order valence-electron chi connectivity index (χ3n) is 2.11. The number of nitrogens with zero attached hydrogens (tertiary/aromatic N) is 2. The van der Waals surface area contributed by atoms with Gasteiger partial charge >= 0.3 is 0 Å². The van der Waals surface area contributed by atoms with E-state index in [4.69, 9.17) is 11.6 Å². The first-order valence-electron chi connectivity index (χ1n) is 4.45. The molecule has 72 valence electrons. The zero-order valence-electron chi connectivity index (χ0n) is 7.94. The van der Waals surface area contributed by atoms with Gasteiger partial charge in [0.2, 0.25) is 0 Å². The van der Waals surface area contributed by atoms with Crippen LogP contribution in [0.5, 0.6) is 0 Å². The van der Waals surface area contributed by atoms with Crippen LogP contribution < -0.4 is 0 Å². The van der Waals surface area contributed by atoms with E-state index in [1.807, 2.05) is 10.8 Å². The van der Waals surface area contributed by atoms with E-state index < -0.39 is 0 Å². The lowest BCUT2D eigenvalue weighted by Gasteiger charge is -2.01. The van der Waals surface area contributed by atoms with Gasteiger partial charge in [-0.3, -0.25) is 0 Å². The molecule has 0 amide bonds. The Balaban J connectivity index is 2.34. The van der Waals surface area contributed by atoms with Crippen molar-refractivity contribution in [2.24, 2.45) is 0 Å². The van der Waals surface area contributed by atoms with Crippen LogP contribution in [0.1, 0.15) is 11.3 Å². The number of halogens is 1. The molecule has 0 saturated carbocycles. The molecular formula is C11H11ClN2. The molecule has 2 rings (SSSR count). The molecule has 0 unspecified atom stereocenters. The maximum Gasteiger partial charge on any atom is 0.0995 e. The standard InChI is InChI=1S/C11H11ClN2/c1-9-2-4-11(5-3-9)14-7-10(6-12)13-8-14/h2-5,7-8H,6H2,1H3. The maximum atomic E-state index is 5.68. The molecule has 0 aliphatic rings. The van der Waals surface area contributed by atoms with Crippen molar-refractivity contribution in [3.05, 3.63) is 48.0 Å². The van der Waals surface area contributed by atoms with E-state index in [1.54, 1.807) is 6.33 Å². The fourth-order valence-corrected chi connectivity index (χ4v) is 1.43. The molecule has 0 N–H and O–H groups in total. The molecule has 1 aromatic heterocycles. The second-order valence-electron chi connectivity index (χ2n) is 3.24. The highest BCUT2D eigenvalue weighted by Crippen LogP contribution is 2.10. The zero-order chi connectivity index (χ0) is 9.97. The van der Waals surface area contributed by atoms with Crippen LogP contribution in [0.25, 0.3) is 5.69 Å². The molecule has 0 aliphatic carbocycles. The van der Waals surface area contributed by atoms with E-state index in [0.717, 1.165) is 11.4 Å². The first-order chi connectivity index (χ1) is 6.79. The molecule has 0 atom stereocenters. The predicted octanol–water partition coefficient (Wildman–Crippen LogP) is 2.92. The summed E-state index contributed by atoms with van der Waals surface area (Å²) in [5.41, 5.74) is 3.26. The Morgan fingerprint density at radius 1 is 1.29 bits per heavy atom. The Labute approximate surface area is 88.2 Å². The summed E-state index contributed by atoms with van der Waals surface area (Å²) in [7, 11) is 0. The molecule has 0 fully saturated rings. The lowest BCUT2D eigenvalue weighted by Crippen LogP contribution is -1.89. The average molecular weight is 207 g/mol. The van der Waals surface area contributed by atoms with Gasteiger partial charge in [0.15, 0.2) is 0 Å². The minimum atomic E-state index is 0.457. The van der Waals surface area contributed by atoms with Crippen LogP contribution in [-0.2, 0) is 5.88 Å². The maximum absolute atomic E-state index is 5.68. The van der Waals surface area contributed by atoms with Gasteiger partial charge < -0.3 is 4.57 Å². The molecule has 0 aliphatic heterocycles. The first-order valence-corrected chi connectivity index (χ1v) is 4.99. The number of aromatic nitrogens is 2. The summed E-state index contributed by atoms with van der Waals surface area (Å²) in [6, 6.07) is 8.29. The lowest BCUT2D eigenvalue weighted by atomic mass is 10.2. The van der Waals surface area contributed by atoms with Crippen LogP contribution in [0, 0.1) is 6.92 Å². The molecule has 2 aromatic rings. The molecular weight excluding hydrogens is 196 g/mol. The third-order valence-corrected chi connectivity index (χ3v) is 2.38.